The summed E-state index contributed by atoms with van der Waals surface area (Å²) < 4.78 is 0. The molecular formula is C13H16O. The van der Waals surface area contributed by atoms with E-state index < -0.39 is 0 Å². The van der Waals surface area contributed by atoms with E-state index in [1.54, 1.807) is 0 Å². The SMILES string of the molecule is C=C(C)CCCC(=O)c1ccccc1. The zero-order valence-corrected chi connectivity index (χ0v) is 8.62. The number of benzene rings is 1. The van der Waals surface area contributed by atoms with Crippen molar-refractivity contribution in [3.63, 3.8) is 0 Å². The predicted octanol–water partition coefficient (Wildman–Crippen LogP) is 3.62. The lowest BCUT2D eigenvalue weighted by Gasteiger charge is -2.00. The van der Waals surface area contributed by atoms with Gasteiger partial charge < -0.3 is 0 Å². The molecule has 1 heteroatoms. The lowest BCUT2D eigenvalue weighted by Crippen LogP contribution is -1.98. The molecule has 1 aromatic rings. The summed E-state index contributed by atoms with van der Waals surface area (Å²) in [5.74, 6) is 0.229. The fourth-order valence-electron chi connectivity index (χ4n) is 1.32. The summed E-state index contributed by atoms with van der Waals surface area (Å²) in [4.78, 5) is 11.6. The Morgan fingerprint density at radius 2 is 1.86 bits per heavy atom. The molecule has 0 aliphatic rings. The Bertz CT molecular complexity index is 311. The number of carbonyl (C=O) groups is 1. The van der Waals surface area contributed by atoms with Crippen LogP contribution < -0.4 is 0 Å². The van der Waals surface area contributed by atoms with Crippen LogP contribution in [0.4, 0.5) is 0 Å². The van der Waals surface area contributed by atoms with E-state index in [1.165, 1.54) is 0 Å². The smallest absolute Gasteiger partial charge is 0.162 e. The number of carbonyl (C=O) groups excluding carboxylic acids is 1. The summed E-state index contributed by atoms with van der Waals surface area (Å²) in [5.41, 5.74) is 1.96. The van der Waals surface area contributed by atoms with Gasteiger partial charge in [-0.3, -0.25) is 4.79 Å². The third-order valence-electron chi connectivity index (χ3n) is 2.10. The second-order valence-electron chi connectivity index (χ2n) is 3.60. The summed E-state index contributed by atoms with van der Waals surface area (Å²) in [5, 5.41) is 0. The number of hydrogen-bond acceptors (Lipinski definition) is 1. The maximum absolute atomic E-state index is 11.6. The molecule has 0 fully saturated rings. The van der Waals surface area contributed by atoms with E-state index >= 15 is 0 Å². The Morgan fingerprint density at radius 3 is 2.43 bits per heavy atom. The fourth-order valence-corrected chi connectivity index (χ4v) is 1.32. The van der Waals surface area contributed by atoms with Gasteiger partial charge in [-0.05, 0) is 19.8 Å². The lowest BCUT2D eigenvalue weighted by molar-refractivity contribution is 0.0980. The molecule has 0 bridgehead atoms. The first kappa shape index (κ1) is 10.7. The van der Waals surface area contributed by atoms with Crippen LogP contribution in [-0.4, -0.2) is 5.78 Å². The lowest BCUT2D eigenvalue weighted by atomic mass is 10.0. The Morgan fingerprint density at radius 1 is 1.21 bits per heavy atom. The fraction of sp³-hybridized carbons (Fsp3) is 0.308. The third kappa shape index (κ3) is 3.56. The minimum atomic E-state index is 0.229. The van der Waals surface area contributed by atoms with Crippen LogP contribution in [0, 0.1) is 0 Å². The standard InChI is InChI=1S/C13H16O/c1-11(2)7-6-10-13(14)12-8-4-3-5-9-12/h3-5,8-9H,1,6-7,10H2,2H3. The first-order chi connectivity index (χ1) is 6.70. The normalized spacial score (nSPS) is 9.79. The molecule has 0 saturated carbocycles. The molecule has 0 heterocycles. The van der Waals surface area contributed by atoms with Gasteiger partial charge in [0.05, 0.1) is 0 Å². The van der Waals surface area contributed by atoms with Gasteiger partial charge in [-0.2, -0.15) is 0 Å². The molecule has 0 spiro atoms. The molecule has 0 N–H and O–H groups in total. The second kappa shape index (κ2) is 5.38. The van der Waals surface area contributed by atoms with Gasteiger partial charge in [0, 0.05) is 12.0 Å². The zero-order valence-electron chi connectivity index (χ0n) is 8.62. The van der Waals surface area contributed by atoms with Crippen LogP contribution in [0.15, 0.2) is 42.5 Å². The molecule has 0 aliphatic carbocycles. The van der Waals surface area contributed by atoms with Crippen molar-refractivity contribution in [2.75, 3.05) is 0 Å². The summed E-state index contributed by atoms with van der Waals surface area (Å²) in [6.45, 7) is 5.81. The number of Topliss-reactive ketones (excluding diaryl/α,β-unsaturated/α-hetero) is 1. The van der Waals surface area contributed by atoms with Gasteiger partial charge in [-0.1, -0.05) is 35.9 Å². The first-order valence-electron chi connectivity index (χ1n) is 4.93. The van der Waals surface area contributed by atoms with Crippen molar-refractivity contribution in [2.24, 2.45) is 0 Å². The quantitative estimate of drug-likeness (QED) is 0.509. The molecule has 0 aromatic heterocycles. The van der Waals surface area contributed by atoms with Gasteiger partial charge >= 0.3 is 0 Å². The van der Waals surface area contributed by atoms with Crippen molar-refractivity contribution in [3.05, 3.63) is 48.0 Å². The highest BCUT2D eigenvalue weighted by molar-refractivity contribution is 5.95. The highest BCUT2D eigenvalue weighted by Crippen LogP contribution is 2.09. The Kier molecular flexibility index (Phi) is 4.11. The van der Waals surface area contributed by atoms with Crippen LogP contribution in [0.1, 0.15) is 36.5 Å². The minimum absolute atomic E-state index is 0.229. The van der Waals surface area contributed by atoms with Gasteiger partial charge in [-0.25, -0.2) is 0 Å². The van der Waals surface area contributed by atoms with E-state index in [9.17, 15) is 4.79 Å². The molecule has 1 aromatic carbocycles. The van der Waals surface area contributed by atoms with Crippen LogP contribution in [-0.2, 0) is 0 Å². The maximum atomic E-state index is 11.6. The second-order valence-corrected chi connectivity index (χ2v) is 3.60. The summed E-state index contributed by atoms with van der Waals surface area (Å²) in [6, 6.07) is 9.44. The molecule has 0 atom stereocenters. The van der Waals surface area contributed by atoms with E-state index in [2.05, 4.69) is 6.58 Å². The van der Waals surface area contributed by atoms with E-state index in [4.69, 9.17) is 0 Å². The molecule has 1 nitrogen and oxygen atoms in total. The van der Waals surface area contributed by atoms with Crippen molar-refractivity contribution in [1.82, 2.24) is 0 Å². The zero-order chi connectivity index (χ0) is 10.4. The molecule has 74 valence electrons. The van der Waals surface area contributed by atoms with Crippen molar-refractivity contribution < 1.29 is 4.79 Å². The van der Waals surface area contributed by atoms with E-state index in [0.717, 1.165) is 24.0 Å². The van der Waals surface area contributed by atoms with Crippen LogP contribution >= 0.6 is 0 Å². The first-order valence-corrected chi connectivity index (χ1v) is 4.93. The highest BCUT2D eigenvalue weighted by Gasteiger charge is 2.03. The van der Waals surface area contributed by atoms with Gasteiger partial charge in [0.1, 0.15) is 0 Å². The topological polar surface area (TPSA) is 17.1 Å². The van der Waals surface area contributed by atoms with Gasteiger partial charge in [0.25, 0.3) is 0 Å². The number of allylic oxidation sites excluding steroid dienone is 1. The molecule has 0 saturated heterocycles. The number of rotatable bonds is 5. The van der Waals surface area contributed by atoms with Gasteiger partial charge in [0.15, 0.2) is 5.78 Å². The third-order valence-corrected chi connectivity index (χ3v) is 2.10. The number of ketones is 1. The Labute approximate surface area is 85.5 Å². The van der Waals surface area contributed by atoms with Crippen LogP contribution in [0.3, 0.4) is 0 Å². The molecule has 0 radical (unpaired) electrons. The van der Waals surface area contributed by atoms with E-state index in [0.29, 0.717) is 6.42 Å². The predicted molar refractivity (Wildman–Crippen MR) is 59.4 cm³/mol. The number of hydrogen-bond donors (Lipinski definition) is 0. The molecule has 0 unspecified atom stereocenters. The van der Waals surface area contributed by atoms with Gasteiger partial charge in [-0.15, -0.1) is 6.58 Å². The van der Waals surface area contributed by atoms with E-state index in [-0.39, 0.29) is 5.78 Å². The Balaban J connectivity index is 2.40. The summed E-state index contributed by atoms with van der Waals surface area (Å²) >= 11 is 0. The monoisotopic (exact) mass is 188 g/mol. The average Bonchev–Trinajstić information content (AvgIpc) is 2.18. The molecule has 0 aliphatic heterocycles. The maximum Gasteiger partial charge on any atom is 0.162 e. The molecule has 0 amide bonds. The largest absolute Gasteiger partial charge is 0.294 e. The molecule has 1 rings (SSSR count). The molecular weight excluding hydrogens is 172 g/mol. The summed E-state index contributed by atoms with van der Waals surface area (Å²) in [7, 11) is 0. The highest BCUT2D eigenvalue weighted by atomic mass is 16.1. The van der Waals surface area contributed by atoms with Crippen molar-refractivity contribution >= 4 is 5.78 Å². The summed E-state index contributed by atoms with van der Waals surface area (Å²) in [6.07, 6.45) is 2.47. The van der Waals surface area contributed by atoms with Crippen molar-refractivity contribution in [1.29, 1.82) is 0 Å². The van der Waals surface area contributed by atoms with Crippen molar-refractivity contribution in [2.45, 2.75) is 26.2 Å². The van der Waals surface area contributed by atoms with Crippen molar-refractivity contribution in [3.8, 4) is 0 Å². The Hall–Kier alpha value is -1.37. The van der Waals surface area contributed by atoms with Gasteiger partial charge in [0.2, 0.25) is 0 Å². The van der Waals surface area contributed by atoms with Crippen LogP contribution in [0.2, 0.25) is 0 Å². The average molecular weight is 188 g/mol. The van der Waals surface area contributed by atoms with Crippen LogP contribution in [0.25, 0.3) is 0 Å². The van der Waals surface area contributed by atoms with Crippen LogP contribution in [0.5, 0.6) is 0 Å². The van der Waals surface area contributed by atoms with E-state index in [1.807, 2.05) is 37.3 Å². The minimum Gasteiger partial charge on any atom is -0.294 e. The molecule has 14 heavy (non-hydrogen) atoms.